The number of carbonyl (C=O) groups is 1. The lowest BCUT2D eigenvalue weighted by Crippen LogP contribution is -2.31. The fourth-order valence-electron chi connectivity index (χ4n) is 4.52. The number of fused-ring (bicyclic) bond motifs is 1. The number of carbonyl (C=O) groups excluding carboxylic acids is 1. The van der Waals surface area contributed by atoms with E-state index in [2.05, 4.69) is 25.7 Å². The Labute approximate surface area is 213 Å². The first-order valence-electron chi connectivity index (χ1n) is 11.9. The molecule has 0 saturated carbocycles. The van der Waals surface area contributed by atoms with Gasteiger partial charge in [0.2, 0.25) is 5.95 Å². The van der Waals surface area contributed by atoms with Crippen LogP contribution in [0.2, 0.25) is 0 Å². The summed E-state index contributed by atoms with van der Waals surface area (Å²) in [5, 5.41) is 15.6. The maximum atomic E-state index is 13.8. The van der Waals surface area contributed by atoms with Crippen molar-refractivity contribution in [1.29, 1.82) is 0 Å². The molecule has 9 nitrogen and oxygen atoms in total. The van der Waals surface area contributed by atoms with E-state index >= 15 is 0 Å². The SMILES string of the molecule is CC1=C(C(=O)Nc2ccc(C)cn2)C(c2cn(-c3ccccc3)nc2-c2ccccc2)n2ncnc2N1. The highest BCUT2D eigenvalue weighted by Crippen LogP contribution is 2.39. The summed E-state index contributed by atoms with van der Waals surface area (Å²) in [6, 6.07) is 23.0. The number of para-hydroxylation sites is 1. The lowest BCUT2D eigenvalue weighted by Gasteiger charge is -2.28. The van der Waals surface area contributed by atoms with E-state index in [0.717, 1.165) is 28.1 Å². The number of aryl methyl sites for hydroxylation is 1. The van der Waals surface area contributed by atoms with Gasteiger partial charge in [-0.1, -0.05) is 54.6 Å². The summed E-state index contributed by atoms with van der Waals surface area (Å²) in [6.45, 7) is 3.82. The number of hydrogen-bond acceptors (Lipinski definition) is 6. The van der Waals surface area contributed by atoms with E-state index in [4.69, 9.17) is 5.10 Å². The van der Waals surface area contributed by atoms with Crippen LogP contribution in [0.4, 0.5) is 11.8 Å². The molecule has 1 atom stereocenters. The van der Waals surface area contributed by atoms with Crippen LogP contribution in [-0.2, 0) is 4.79 Å². The third-order valence-corrected chi connectivity index (χ3v) is 6.30. The molecule has 0 fully saturated rings. The lowest BCUT2D eigenvalue weighted by molar-refractivity contribution is -0.113. The molecule has 2 aromatic carbocycles. The summed E-state index contributed by atoms with van der Waals surface area (Å²) in [4.78, 5) is 22.5. The fraction of sp³-hybridized carbons (Fsp3) is 0.107. The predicted octanol–water partition coefficient (Wildman–Crippen LogP) is 4.76. The molecule has 0 radical (unpaired) electrons. The Balaban J connectivity index is 1.52. The van der Waals surface area contributed by atoms with Gasteiger partial charge < -0.3 is 10.6 Å². The van der Waals surface area contributed by atoms with Crippen LogP contribution in [0.25, 0.3) is 16.9 Å². The number of nitrogens with one attached hydrogen (secondary N) is 2. The smallest absolute Gasteiger partial charge is 0.257 e. The van der Waals surface area contributed by atoms with Crippen molar-refractivity contribution in [2.45, 2.75) is 19.9 Å². The zero-order valence-electron chi connectivity index (χ0n) is 20.3. The van der Waals surface area contributed by atoms with E-state index in [-0.39, 0.29) is 5.91 Å². The molecule has 37 heavy (non-hydrogen) atoms. The molecule has 9 heteroatoms. The number of pyridine rings is 1. The second-order valence-corrected chi connectivity index (χ2v) is 8.85. The molecule has 0 spiro atoms. The molecular formula is C28H24N8O. The van der Waals surface area contributed by atoms with Crippen LogP contribution in [0.1, 0.15) is 24.1 Å². The Hall–Kier alpha value is -5.05. The summed E-state index contributed by atoms with van der Waals surface area (Å²) in [6.07, 6.45) is 5.17. The molecule has 0 bridgehead atoms. The Morgan fingerprint density at radius 2 is 1.70 bits per heavy atom. The van der Waals surface area contributed by atoms with Crippen LogP contribution in [-0.4, -0.2) is 35.4 Å². The first kappa shape index (κ1) is 22.4. The van der Waals surface area contributed by atoms with Gasteiger partial charge in [-0.3, -0.25) is 4.79 Å². The minimum atomic E-state index is -0.572. The number of benzene rings is 2. The molecule has 1 unspecified atom stereocenters. The zero-order chi connectivity index (χ0) is 25.4. The van der Waals surface area contributed by atoms with E-state index in [1.54, 1.807) is 16.9 Å². The molecule has 182 valence electrons. The van der Waals surface area contributed by atoms with Crippen molar-refractivity contribution in [3.05, 3.63) is 114 Å². The van der Waals surface area contributed by atoms with Crippen LogP contribution < -0.4 is 10.6 Å². The molecule has 2 N–H and O–H groups in total. The van der Waals surface area contributed by atoms with Crippen LogP contribution in [0, 0.1) is 6.92 Å². The highest BCUT2D eigenvalue weighted by atomic mass is 16.1. The average Bonchev–Trinajstić information content (AvgIpc) is 3.58. The Kier molecular flexibility index (Phi) is 5.57. The van der Waals surface area contributed by atoms with Gasteiger partial charge in [-0.25, -0.2) is 14.3 Å². The van der Waals surface area contributed by atoms with Crippen molar-refractivity contribution in [2.24, 2.45) is 0 Å². The van der Waals surface area contributed by atoms with Crippen molar-refractivity contribution in [3.63, 3.8) is 0 Å². The summed E-state index contributed by atoms with van der Waals surface area (Å²) < 4.78 is 3.56. The molecular weight excluding hydrogens is 464 g/mol. The van der Waals surface area contributed by atoms with Crippen LogP contribution in [0.5, 0.6) is 0 Å². The van der Waals surface area contributed by atoms with Crippen molar-refractivity contribution in [1.82, 2.24) is 29.5 Å². The highest BCUT2D eigenvalue weighted by molar-refractivity contribution is 6.05. The number of anilines is 2. The summed E-state index contributed by atoms with van der Waals surface area (Å²) >= 11 is 0. The summed E-state index contributed by atoms with van der Waals surface area (Å²) in [5.41, 5.74) is 5.62. The van der Waals surface area contributed by atoms with Crippen molar-refractivity contribution in [3.8, 4) is 16.9 Å². The number of nitrogens with zero attached hydrogens (tertiary/aromatic N) is 6. The maximum Gasteiger partial charge on any atom is 0.257 e. The minimum Gasteiger partial charge on any atom is -0.328 e. The zero-order valence-corrected chi connectivity index (χ0v) is 20.3. The Bertz CT molecular complexity index is 1600. The molecule has 1 amide bonds. The van der Waals surface area contributed by atoms with Gasteiger partial charge in [-0.2, -0.15) is 15.2 Å². The molecule has 3 aromatic heterocycles. The molecule has 1 aliphatic rings. The van der Waals surface area contributed by atoms with E-state index in [0.29, 0.717) is 23.0 Å². The minimum absolute atomic E-state index is 0.279. The van der Waals surface area contributed by atoms with Gasteiger partial charge in [0, 0.05) is 29.2 Å². The van der Waals surface area contributed by atoms with Gasteiger partial charge in [0.05, 0.1) is 17.0 Å². The second kappa shape index (κ2) is 9.19. The van der Waals surface area contributed by atoms with Crippen LogP contribution in [0.3, 0.4) is 0 Å². The monoisotopic (exact) mass is 488 g/mol. The van der Waals surface area contributed by atoms with Crippen LogP contribution in [0.15, 0.2) is 103 Å². The highest BCUT2D eigenvalue weighted by Gasteiger charge is 2.36. The van der Waals surface area contributed by atoms with Crippen molar-refractivity contribution < 1.29 is 4.79 Å². The van der Waals surface area contributed by atoms with E-state index < -0.39 is 6.04 Å². The number of allylic oxidation sites excluding steroid dienone is 1. The number of aromatic nitrogens is 6. The first-order chi connectivity index (χ1) is 18.1. The topological polar surface area (TPSA) is 103 Å². The maximum absolute atomic E-state index is 13.8. The second-order valence-electron chi connectivity index (χ2n) is 8.85. The standard InChI is InChI=1S/C28H24N8O/c1-18-13-14-23(29-15-18)33-27(37)24-19(2)32-28-30-17-31-36(28)26(24)22-16-35(21-11-7-4-8-12-21)34-25(22)20-9-5-3-6-10-20/h3-17,26H,1-2H3,(H,29,33,37)(H,30,31,32). The number of hydrogen-bond donors (Lipinski definition) is 2. The van der Waals surface area contributed by atoms with Crippen LogP contribution >= 0.6 is 0 Å². The lowest BCUT2D eigenvalue weighted by atomic mass is 9.93. The third-order valence-electron chi connectivity index (χ3n) is 6.30. The first-order valence-corrected chi connectivity index (χ1v) is 11.9. The molecule has 0 aliphatic carbocycles. The van der Waals surface area contributed by atoms with Crippen molar-refractivity contribution in [2.75, 3.05) is 10.6 Å². The van der Waals surface area contributed by atoms with Gasteiger partial charge in [-0.05, 0) is 37.6 Å². The van der Waals surface area contributed by atoms with Gasteiger partial charge in [-0.15, -0.1) is 0 Å². The molecule has 0 saturated heterocycles. The predicted molar refractivity (Wildman–Crippen MR) is 141 cm³/mol. The Morgan fingerprint density at radius 1 is 0.946 bits per heavy atom. The molecule has 4 heterocycles. The van der Waals surface area contributed by atoms with E-state index in [1.165, 1.54) is 6.33 Å². The third kappa shape index (κ3) is 4.16. The normalized spacial score (nSPS) is 14.7. The van der Waals surface area contributed by atoms with E-state index in [1.807, 2.05) is 91.5 Å². The van der Waals surface area contributed by atoms with Gasteiger partial charge in [0.1, 0.15) is 18.2 Å². The summed E-state index contributed by atoms with van der Waals surface area (Å²) in [5.74, 6) is 0.750. The summed E-state index contributed by atoms with van der Waals surface area (Å²) in [7, 11) is 0. The fourth-order valence-corrected chi connectivity index (χ4v) is 4.52. The average molecular weight is 489 g/mol. The van der Waals surface area contributed by atoms with Gasteiger partial charge in [0.25, 0.3) is 5.91 Å². The number of amides is 1. The van der Waals surface area contributed by atoms with Crippen molar-refractivity contribution >= 4 is 17.7 Å². The van der Waals surface area contributed by atoms with E-state index in [9.17, 15) is 4.79 Å². The molecule has 6 rings (SSSR count). The van der Waals surface area contributed by atoms with Gasteiger partial charge >= 0.3 is 0 Å². The molecule has 5 aromatic rings. The Morgan fingerprint density at radius 3 is 2.43 bits per heavy atom. The number of rotatable bonds is 5. The largest absolute Gasteiger partial charge is 0.328 e. The quantitative estimate of drug-likeness (QED) is 0.370. The van der Waals surface area contributed by atoms with Gasteiger partial charge in [0.15, 0.2) is 0 Å². The molecule has 1 aliphatic heterocycles.